The van der Waals surface area contributed by atoms with E-state index < -0.39 is 12.0 Å². The SMILES string of the molecule is CCOc1cc([C@@H](CC#N)N2C(=O)c3ccc(N4CCC(N5CCC(CN6CCC(Oc7ccc8c(C9CCC(=O)NC9=O)nn(C)c8c7)CC6)CC5)CC4)cc3C2=O)ccc1OC. The van der Waals surface area contributed by atoms with Crippen LogP contribution in [0.15, 0.2) is 54.6 Å². The average molecular weight is 871 g/mol. The highest BCUT2D eigenvalue weighted by atomic mass is 16.5. The summed E-state index contributed by atoms with van der Waals surface area (Å²) in [5.41, 5.74) is 3.97. The van der Waals surface area contributed by atoms with E-state index in [-0.39, 0.29) is 36.2 Å². The normalized spacial score (nSPS) is 21.2. The molecule has 0 spiro atoms. The molecule has 0 saturated carbocycles. The van der Waals surface area contributed by atoms with Gasteiger partial charge in [0.2, 0.25) is 11.8 Å². The van der Waals surface area contributed by atoms with Gasteiger partial charge in [0.05, 0.1) is 60.5 Å². The largest absolute Gasteiger partial charge is 0.493 e. The second-order valence-corrected chi connectivity index (χ2v) is 17.9. The second-order valence-electron chi connectivity index (χ2n) is 17.9. The summed E-state index contributed by atoms with van der Waals surface area (Å²) in [7, 11) is 3.44. The maximum atomic E-state index is 13.9. The van der Waals surface area contributed by atoms with Crippen molar-refractivity contribution in [2.24, 2.45) is 13.0 Å². The number of nitrogens with one attached hydrogen (secondary N) is 1. The molecule has 1 N–H and O–H groups in total. The molecule has 0 bridgehead atoms. The van der Waals surface area contributed by atoms with Gasteiger partial charge < -0.3 is 28.9 Å². The Bertz CT molecular complexity index is 2460. The van der Waals surface area contributed by atoms with Crippen LogP contribution in [0.3, 0.4) is 0 Å². The number of nitrogens with zero attached hydrogens (tertiary/aromatic N) is 7. The van der Waals surface area contributed by atoms with Gasteiger partial charge in [-0.1, -0.05) is 6.07 Å². The van der Waals surface area contributed by atoms with E-state index in [9.17, 15) is 24.4 Å². The number of nitriles is 1. The van der Waals surface area contributed by atoms with Crippen molar-refractivity contribution in [2.45, 2.75) is 88.8 Å². The summed E-state index contributed by atoms with van der Waals surface area (Å²) in [6.45, 7) is 9.47. The molecule has 1 unspecified atom stereocenters. The molecular formula is C49H58N8O7. The van der Waals surface area contributed by atoms with Crippen molar-refractivity contribution < 1.29 is 33.4 Å². The number of carbonyl (C=O) groups excluding carboxylic acids is 4. The molecule has 5 aliphatic rings. The molecule has 1 aromatic heterocycles. The van der Waals surface area contributed by atoms with Gasteiger partial charge in [-0.2, -0.15) is 10.4 Å². The number of benzene rings is 3. The molecule has 9 rings (SSSR count). The molecule has 6 heterocycles. The lowest BCUT2D eigenvalue weighted by Gasteiger charge is -2.43. The van der Waals surface area contributed by atoms with E-state index in [4.69, 9.17) is 14.2 Å². The highest BCUT2D eigenvalue weighted by Crippen LogP contribution is 2.39. The fraction of sp³-hybridized carbons (Fsp3) is 0.510. The Morgan fingerprint density at radius 3 is 2.33 bits per heavy atom. The number of ether oxygens (including phenoxy) is 3. The number of likely N-dealkylation sites (tertiary alicyclic amines) is 2. The van der Waals surface area contributed by atoms with Crippen molar-refractivity contribution in [3.05, 3.63) is 77.0 Å². The predicted octanol–water partition coefficient (Wildman–Crippen LogP) is 5.98. The third kappa shape index (κ3) is 8.65. The summed E-state index contributed by atoms with van der Waals surface area (Å²) in [6, 6.07) is 18.8. The quantitative estimate of drug-likeness (QED) is 0.157. The van der Waals surface area contributed by atoms with Crippen LogP contribution in [0.2, 0.25) is 0 Å². The number of fused-ring (bicyclic) bond motifs is 2. The van der Waals surface area contributed by atoms with Gasteiger partial charge in [-0.05, 0) is 119 Å². The van der Waals surface area contributed by atoms with Crippen LogP contribution in [0.5, 0.6) is 17.2 Å². The van der Waals surface area contributed by atoms with Crippen LogP contribution in [0.1, 0.15) is 109 Å². The van der Waals surface area contributed by atoms with E-state index in [1.165, 1.54) is 17.7 Å². The van der Waals surface area contributed by atoms with E-state index in [1.807, 2.05) is 44.3 Å². The van der Waals surface area contributed by atoms with E-state index >= 15 is 0 Å². The van der Waals surface area contributed by atoms with E-state index in [0.29, 0.717) is 65.3 Å². The first kappa shape index (κ1) is 43.3. The van der Waals surface area contributed by atoms with Crippen molar-refractivity contribution in [2.75, 3.05) is 64.4 Å². The minimum atomic E-state index is -0.759. The summed E-state index contributed by atoms with van der Waals surface area (Å²) in [5.74, 6) is 0.855. The van der Waals surface area contributed by atoms with Crippen molar-refractivity contribution in [1.29, 1.82) is 5.26 Å². The zero-order valence-electron chi connectivity index (χ0n) is 37.1. The third-order valence-electron chi connectivity index (χ3n) is 14.1. The van der Waals surface area contributed by atoms with E-state index in [0.717, 1.165) is 93.8 Å². The number of imide groups is 2. The van der Waals surface area contributed by atoms with Crippen molar-refractivity contribution in [3.8, 4) is 23.3 Å². The van der Waals surface area contributed by atoms with E-state index in [1.54, 1.807) is 36.1 Å². The van der Waals surface area contributed by atoms with Crippen molar-refractivity contribution >= 4 is 40.2 Å². The molecule has 4 fully saturated rings. The van der Waals surface area contributed by atoms with Crippen LogP contribution in [0, 0.1) is 17.2 Å². The molecule has 3 aromatic carbocycles. The van der Waals surface area contributed by atoms with Crippen molar-refractivity contribution in [3.63, 3.8) is 0 Å². The monoisotopic (exact) mass is 870 g/mol. The van der Waals surface area contributed by atoms with Gasteiger partial charge in [0.25, 0.3) is 11.8 Å². The Morgan fingerprint density at radius 2 is 1.61 bits per heavy atom. The van der Waals surface area contributed by atoms with Crippen molar-refractivity contribution in [1.82, 2.24) is 29.8 Å². The Morgan fingerprint density at radius 1 is 0.844 bits per heavy atom. The predicted molar refractivity (Wildman–Crippen MR) is 240 cm³/mol. The summed E-state index contributed by atoms with van der Waals surface area (Å²) >= 11 is 0. The molecule has 336 valence electrons. The summed E-state index contributed by atoms with van der Waals surface area (Å²) in [6.07, 6.45) is 7.38. The minimum absolute atomic E-state index is 0.0401. The molecular weight excluding hydrogens is 813 g/mol. The van der Waals surface area contributed by atoms with Gasteiger partial charge in [0.15, 0.2) is 11.5 Å². The number of hydrogen-bond acceptors (Lipinski definition) is 12. The summed E-state index contributed by atoms with van der Waals surface area (Å²) in [4.78, 5) is 60.8. The Kier molecular flexibility index (Phi) is 12.6. The lowest BCUT2D eigenvalue weighted by Crippen LogP contribution is -2.49. The minimum Gasteiger partial charge on any atom is -0.493 e. The van der Waals surface area contributed by atoms with Gasteiger partial charge >= 0.3 is 0 Å². The number of anilines is 1. The maximum Gasteiger partial charge on any atom is 0.262 e. The fourth-order valence-corrected chi connectivity index (χ4v) is 10.6. The lowest BCUT2D eigenvalue weighted by molar-refractivity contribution is -0.134. The van der Waals surface area contributed by atoms with Crippen LogP contribution in [-0.4, -0.2) is 120 Å². The first-order valence-corrected chi connectivity index (χ1v) is 23.0. The topological polar surface area (TPSA) is 163 Å². The van der Waals surface area contributed by atoms with Crippen LogP contribution < -0.4 is 24.4 Å². The van der Waals surface area contributed by atoms with Gasteiger partial charge in [-0.3, -0.25) is 34.1 Å². The number of rotatable bonds is 13. The number of aryl methyl sites for hydroxylation is 1. The fourth-order valence-electron chi connectivity index (χ4n) is 10.6. The molecule has 4 saturated heterocycles. The maximum absolute atomic E-state index is 13.9. The first-order chi connectivity index (χ1) is 31.1. The van der Waals surface area contributed by atoms with Crippen LogP contribution in [-0.2, 0) is 16.6 Å². The molecule has 64 heavy (non-hydrogen) atoms. The Balaban J connectivity index is 0.729. The number of hydrogen-bond donors (Lipinski definition) is 1. The standard InChI is InChI=1S/C49H58N8O7/c1-4-63-44-27-32(5-11-43(44)62-3)41(13-20-50)57-48(60)37-8-6-34(28-40(37)49(57)61)56-25-16-33(17-26-56)55-23-14-31(15-24-55)30-54-21-18-35(19-22-54)64-36-7-9-38-42(29-36)53(2)52-46(38)39-10-12-45(58)51-47(39)59/h5-9,11,27-29,31,33,35,39,41H,4,10,12-19,21-26,30H2,1-3H3,(H,51,58,59)/t39?,41-/m1/s1. The smallest absolute Gasteiger partial charge is 0.262 e. The number of carbonyl (C=O) groups is 4. The number of amides is 4. The van der Waals surface area contributed by atoms with Gasteiger partial charge in [0, 0.05) is 69.4 Å². The first-order valence-electron chi connectivity index (χ1n) is 23.0. The molecule has 5 aliphatic heterocycles. The molecule has 0 aliphatic carbocycles. The third-order valence-corrected chi connectivity index (χ3v) is 14.1. The zero-order valence-corrected chi connectivity index (χ0v) is 37.1. The summed E-state index contributed by atoms with van der Waals surface area (Å²) < 4.78 is 19.5. The number of methoxy groups -OCH3 is 1. The molecule has 0 radical (unpaired) electrons. The van der Waals surface area contributed by atoms with Gasteiger partial charge in [-0.15, -0.1) is 0 Å². The highest BCUT2D eigenvalue weighted by molar-refractivity contribution is 6.22. The average Bonchev–Trinajstić information content (AvgIpc) is 3.76. The molecule has 15 heteroatoms. The second kappa shape index (κ2) is 18.6. The molecule has 4 amide bonds. The van der Waals surface area contributed by atoms with Crippen LogP contribution in [0.4, 0.5) is 5.69 Å². The highest BCUT2D eigenvalue weighted by Gasteiger charge is 2.42. The number of aromatic nitrogens is 2. The van der Waals surface area contributed by atoms with Crippen LogP contribution in [0.25, 0.3) is 10.9 Å². The zero-order chi connectivity index (χ0) is 44.5. The van der Waals surface area contributed by atoms with Gasteiger partial charge in [-0.25, -0.2) is 0 Å². The Labute approximate surface area is 374 Å². The van der Waals surface area contributed by atoms with Gasteiger partial charge in [0.1, 0.15) is 11.9 Å². The molecule has 2 atom stereocenters. The van der Waals surface area contributed by atoms with E-state index in [2.05, 4.69) is 31.2 Å². The lowest BCUT2D eigenvalue weighted by atomic mass is 9.92. The summed E-state index contributed by atoms with van der Waals surface area (Å²) in [5, 5.41) is 17.8. The molecule has 4 aromatic rings. The molecule has 15 nitrogen and oxygen atoms in total. The van der Waals surface area contributed by atoms with Crippen LogP contribution >= 0.6 is 0 Å². The number of piperidine rings is 4. The Hall–Kier alpha value is -5.98.